The van der Waals surface area contributed by atoms with Crippen molar-refractivity contribution >= 4 is 11.4 Å². The highest BCUT2D eigenvalue weighted by Gasteiger charge is 2.29. The van der Waals surface area contributed by atoms with E-state index in [0.29, 0.717) is 13.2 Å². The molecule has 2 aromatic carbocycles. The summed E-state index contributed by atoms with van der Waals surface area (Å²) >= 11 is 0. The fourth-order valence-corrected chi connectivity index (χ4v) is 3.09. The number of rotatable bonds is 5. The molecule has 0 heterocycles. The van der Waals surface area contributed by atoms with Crippen LogP contribution in [-0.2, 0) is 9.47 Å². The molecule has 1 unspecified atom stereocenters. The maximum atomic E-state index is 5.97. The Labute approximate surface area is 131 Å². The number of hydrogen-bond acceptors (Lipinski definition) is 4. The summed E-state index contributed by atoms with van der Waals surface area (Å²) in [5.74, 6) is 0.139. The van der Waals surface area contributed by atoms with Crippen LogP contribution in [0.3, 0.4) is 0 Å². The number of benzene rings is 2. The predicted molar refractivity (Wildman–Crippen MR) is 89.6 cm³/mol. The summed E-state index contributed by atoms with van der Waals surface area (Å²) < 4.78 is 11.3. The molecule has 1 aliphatic carbocycles. The van der Waals surface area contributed by atoms with Crippen molar-refractivity contribution in [1.82, 2.24) is 0 Å². The minimum absolute atomic E-state index is 0.139. The second-order valence-electron chi connectivity index (χ2n) is 5.60. The van der Waals surface area contributed by atoms with Crippen molar-refractivity contribution in [2.24, 2.45) is 0 Å². The molecule has 1 aliphatic rings. The maximum absolute atomic E-state index is 5.97. The molecule has 0 spiro atoms. The van der Waals surface area contributed by atoms with Crippen LogP contribution in [0.2, 0.25) is 0 Å². The van der Waals surface area contributed by atoms with E-state index in [1.165, 1.54) is 22.3 Å². The number of fused-ring (bicyclic) bond motifs is 3. The van der Waals surface area contributed by atoms with E-state index in [4.69, 9.17) is 20.9 Å². The van der Waals surface area contributed by atoms with E-state index in [-0.39, 0.29) is 12.2 Å². The van der Waals surface area contributed by atoms with Gasteiger partial charge in [0.2, 0.25) is 0 Å². The van der Waals surface area contributed by atoms with Crippen LogP contribution in [0.25, 0.3) is 11.1 Å². The van der Waals surface area contributed by atoms with Gasteiger partial charge in [-0.1, -0.05) is 12.1 Å². The second kappa shape index (κ2) is 5.99. The summed E-state index contributed by atoms with van der Waals surface area (Å²) in [4.78, 5) is 0. The van der Waals surface area contributed by atoms with Crippen molar-refractivity contribution in [1.29, 1.82) is 0 Å². The molecule has 0 bridgehead atoms. The van der Waals surface area contributed by atoms with Crippen molar-refractivity contribution in [3.05, 3.63) is 47.5 Å². The van der Waals surface area contributed by atoms with Gasteiger partial charge in [-0.3, -0.25) is 0 Å². The van der Waals surface area contributed by atoms with E-state index < -0.39 is 0 Å². The predicted octanol–water partition coefficient (Wildman–Crippen LogP) is 3.36. The summed E-state index contributed by atoms with van der Waals surface area (Å²) in [5.41, 5.74) is 18.3. The molecule has 0 saturated carbocycles. The molecule has 116 valence electrons. The van der Waals surface area contributed by atoms with Crippen LogP contribution in [0, 0.1) is 0 Å². The van der Waals surface area contributed by atoms with Crippen molar-refractivity contribution in [3.8, 4) is 11.1 Å². The Bertz CT molecular complexity index is 633. The molecule has 3 rings (SSSR count). The van der Waals surface area contributed by atoms with E-state index in [1.807, 2.05) is 38.1 Å². The average Bonchev–Trinajstić information content (AvgIpc) is 2.77. The second-order valence-corrected chi connectivity index (χ2v) is 5.60. The molecular formula is C18H22N2O2. The molecule has 0 amide bonds. The van der Waals surface area contributed by atoms with Crippen LogP contribution in [0.5, 0.6) is 0 Å². The van der Waals surface area contributed by atoms with Crippen LogP contribution in [0.1, 0.15) is 30.9 Å². The molecule has 0 saturated heterocycles. The van der Waals surface area contributed by atoms with Crippen LogP contribution >= 0.6 is 0 Å². The standard InChI is InChI=1S/C18H22N2O2/c1-3-21-11(2)22-10-18-16-8-12(19)4-6-14(16)15-7-5-13(20)9-17(15)18/h4-9,11,18H,3,10,19-20H2,1-2H3. The van der Waals surface area contributed by atoms with Gasteiger partial charge in [0.05, 0.1) is 6.61 Å². The lowest BCUT2D eigenvalue weighted by Crippen LogP contribution is -2.17. The third-order valence-electron chi connectivity index (χ3n) is 4.09. The van der Waals surface area contributed by atoms with Crippen molar-refractivity contribution in [3.63, 3.8) is 0 Å². The van der Waals surface area contributed by atoms with Crippen LogP contribution in [0.15, 0.2) is 36.4 Å². The summed E-state index contributed by atoms with van der Waals surface area (Å²) in [6.45, 7) is 5.06. The summed E-state index contributed by atoms with van der Waals surface area (Å²) in [6, 6.07) is 12.1. The fourth-order valence-electron chi connectivity index (χ4n) is 3.09. The first kappa shape index (κ1) is 14.9. The van der Waals surface area contributed by atoms with E-state index >= 15 is 0 Å². The van der Waals surface area contributed by atoms with Gasteiger partial charge in [0.15, 0.2) is 6.29 Å². The van der Waals surface area contributed by atoms with E-state index in [1.54, 1.807) is 0 Å². The lowest BCUT2D eigenvalue weighted by molar-refractivity contribution is -0.128. The number of ether oxygens (including phenoxy) is 2. The zero-order valence-corrected chi connectivity index (χ0v) is 13.0. The van der Waals surface area contributed by atoms with E-state index in [2.05, 4.69) is 12.1 Å². The van der Waals surface area contributed by atoms with Gasteiger partial charge in [0.25, 0.3) is 0 Å². The Morgan fingerprint density at radius 1 is 0.955 bits per heavy atom. The van der Waals surface area contributed by atoms with Gasteiger partial charge in [0.1, 0.15) is 0 Å². The Morgan fingerprint density at radius 2 is 1.50 bits per heavy atom. The van der Waals surface area contributed by atoms with Crippen LogP contribution < -0.4 is 11.5 Å². The normalized spacial score (nSPS) is 14.6. The van der Waals surface area contributed by atoms with Gasteiger partial charge < -0.3 is 20.9 Å². The fraction of sp³-hybridized carbons (Fsp3) is 0.333. The van der Waals surface area contributed by atoms with Crippen LogP contribution in [-0.4, -0.2) is 19.5 Å². The Balaban J connectivity index is 1.95. The first-order valence-electron chi connectivity index (χ1n) is 7.62. The van der Waals surface area contributed by atoms with E-state index in [0.717, 1.165) is 11.4 Å². The third kappa shape index (κ3) is 2.67. The lowest BCUT2D eigenvalue weighted by atomic mass is 9.97. The van der Waals surface area contributed by atoms with Gasteiger partial charge in [-0.2, -0.15) is 0 Å². The van der Waals surface area contributed by atoms with Crippen molar-refractivity contribution in [2.75, 3.05) is 24.7 Å². The minimum Gasteiger partial charge on any atom is -0.399 e. The monoisotopic (exact) mass is 298 g/mol. The minimum atomic E-state index is -0.223. The first-order chi connectivity index (χ1) is 10.6. The molecule has 0 aromatic heterocycles. The Hall–Kier alpha value is -2.04. The van der Waals surface area contributed by atoms with Gasteiger partial charge >= 0.3 is 0 Å². The molecule has 2 aromatic rings. The highest BCUT2D eigenvalue weighted by Crippen LogP contribution is 2.46. The van der Waals surface area contributed by atoms with Gasteiger partial charge in [-0.25, -0.2) is 0 Å². The van der Waals surface area contributed by atoms with Gasteiger partial charge in [-0.15, -0.1) is 0 Å². The number of anilines is 2. The number of nitrogen functional groups attached to an aromatic ring is 2. The zero-order valence-electron chi connectivity index (χ0n) is 13.0. The molecule has 1 atom stereocenters. The molecular weight excluding hydrogens is 276 g/mol. The molecule has 0 aliphatic heterocycles. The largest absolute Gasteiger partial charge is 0.399 e. The lowest BCUT2D eigenvalue weighted by Gasteiger charge is -2.18. The summed E-state index contributed by atoms with van der Waals surface area (Å²) in [5, 5.41) is 0. The molecule has 4 heteroatoms. The highest BCUT2D eigenvalue weighted by molar-refractivity contribution is 5.81. The topological polar surface area (TPSA) is 70.5 Å². The molecule has 4 N–H and O–H groups in total. The Morgan fingerprint density at radius 3 is 2.00 bits per heavy atom. The zero-order chi connectivity index (χ0) is 15.7. The molecule has 4 nitrogen and oxygen atoms in total. The van der Waals surface area contributed by atoms with E-state index in [9.17, 15) is 0 Å². The molecule has 22 heavy (non-hydrogen) atoms. The van der Waals surface area contributed by atoms with Gasteiger partial charge in [0, 0.05) is 23.9 Å². The summed E-state index contributed by atoms with van der Waals surface area (Å²) in [6.07, 6.45) is -0.223. The van der Waals surface area contributed by atoms with Crippen LogP contribution in [0.4, 0.5) is 11.4 Å². The quantitative estimate of drug-likeness (QED) is 0.656. The smallest absolute Gasteiger partial charge is 0.154 e. The maximum Gasteiger partial charge on any atom is 0.154 e. The number of nitrogens with two attached hydrogens (primary N) is 2. The number of hydrogen-bond donors (Lipinski definition) is 2. The SMILES string of the molecule is CCOC(C)OCC1c2cc(N)ccc2-c2ccc(N)cc21. The molecule has 0 radical (unpaired) electrons. The Kier molecular flexibility index (Phi) is 4.05. The summed E-state index contributed by atoms with van der Waals surface area (Å²) in [7, 11) is 0. The highest BCUT2D eigenvalue weighted by atomic mass is 16.7. The van der Waals surface area contributed by atoms with Gasteiger partial charge in [-0.05, 0) is 60.4 Å². The van der Waals surface area contributed by atoms with Crippen molar-refractivity contribution in [2.45, 2.75) is 26.1 Å². The molecule has 0 fully saturated rings. The average molecular weight is 298 g/mol. The third-order valence-corrected chi connectivity index (χ3v) is 4.09. The first-order valence-corrected chi connectivity index (χ1v) is 7.62. The van der Waals surface area contributed by atoms with Crippen molar-refractivity contribution < 1.29 is 9.47 Å².